The minimum absolute atomic E-state index is 0.104. The Balaban J connectivity index is 2.24. The SMILES string of the molecule is CCOC1(c2noc(C(CC)C(C)O)n2)CCC(C)CC1. The summed E-state index contributed by atoms with van der Waals surface area (Å²) < 4.78 is 11.5. The van der Waals surface area contributed by atoms with E-state index in [2.05, 4.69) is 17.1 Å². The molecule has 21 heavy (non-hydrogen) atoms. The normalized spacial score (nSPS) is 29.3. The van der Waals surface area contributed by atoms with Crippen LogP contribution >= 0.6 is 0 Å². The van der Waals surface area contributed by atoms with Crippen molar-refractivity contribution in [1.29, 1.82) is 0 Å². The van der Waals surface area contributed by atoms with Gasteiger partial charge in [0.25, 0.3) is 0 Å². The minimum atomic E-state index is -0.488. The molecular formula is C16H28N2O3. The molecule has 2 atom stereocenters. The van der Waals surface area contributed by atoms with Gasteiger partial charge in [-0.2, -0.15) is 4.98 Å². The summed E-state index contributed by atoms with van der Waals surface area (Å²) in [5.74, 6) is 1.81. The maximum Gasteiger partial charge on any atom is 0.232 e. The van der Waals surface area contributed by atoms with Gasteiger partial charge >= 0.3 is 0 Å². The molecule has 1 N–H and O–H groups in total. The molecule has 1 aliphatic rings. The van der Waals surface area contributed by atoms with E-state index < -0.39 is 11.7 Å². The first-order chi connectivity index (χ1) is 10.0. The molecule has 5 heteroatoms. The maximum atomic E-state index is 9.83. The van der Waals surface area contributed by atoms with Crippen molar-refractivity contribution >= 4 is 0 Å². The molecule has 0 spiro atoms. The van der Waals surface area contributed by atoms with Gasteiger partial charge in [-0.15, -0.1) is 0 Å². The van der Waals surface area contributed by atoms with Gasteiger partial charge in [0, 0.05) is 6.61 Å². The number of rotatable bonds is 6. The fraction of sp³-hybridized carbons (Fsp3) is 0.875. The molecule has 1 heterocycles. The van der Waals surface area contributed by atoms with Crippen molar-refractivity contribution < 1.29 is 14.4 Å². The lowest BCUT2D eigenvalue weighted by molar-refractivity contribution is -0.0847. The molecule has 1 fully saturated rings. The Bertz CT molecular complexity index is 436. The molecule has 5 nitrogen and oxygen atoms in total. The summed E-state index contributed by atoms with van der Waals surface area (Å²) in [7, 11) is 0. The first kappa shape index (κ1) is 16.4. The van der Waals surface area contributed by atoms with E-state index in [9.17, 15) is 5.11 Å². The smallest absolute Gasteiger partial charge is 0.232 e. The summed E-state index contributed by atoms with van der Waals surface area (Å²) in [6.07, 6.45) is 4.41. The van der Waals surface area contributed by atoms with Crippen molar-refractivity contribution in [1.82, 2.24) is 10.1 Å². The van der Waals surface area contributed by atoms with Crippen molar-refractivity contribution in [2.75, 3.05) is 6.61 Å². The fourth-order valence-electron chi connectivity index (χ4n) is 3.23. The van der Waals surface area contributed by atoms with Crippen molar-refractivity contribution in [3.63, 3.8) is 0 Å². The Kier molecular flexibility index (Phi) is 5.38. The Morgan fingerprint density at radius 3 is 2.57 bits per heavy atom. The average molecular weight is 296 g/mol. The van der Waals surface area contributed by atoms with Crippen LogP contribution in [-0.2, 0) is 10.3 Å². The first-order valence-electron chi connectivity index (χ1n) is 8.18. The molecule has 1 aromatic heterocycles. The van der Waals surface area contributed by atoms with E-state index in [1.807, 2.05) is 13.8 Å². The standard InChI is InChI=1S/C16H28N2O3/c1-5-13(12(4)19)14-17-15(18-21-14)16(20-6-2)9-7-11(3)8-10-16/h11-13,19H,5-10H2,1-4H3. The van der Waals surface area contributed by atoms with Crippen LogP contribution in [0.5, 0.6) is 0 Å². The lowest BCUT2D eigenvalue weighted by Gasteiger charge is -2.36. The van der Waals surface area contributed by atoms with Crippen molar-refractivity contribution in [3.8, 4) is 0 Å². The van der Waals surface area contributed by atoms with E-state index in [1.54, 1.807) is 6.92 Å². The molecule has 2 rings (SSSR count). The van der Waals surface area contributed by atoms with Gasteiger partial charge in [0.05, 0.1) is 12.0 Å². The number of hydrogen-bond acceptors (Lipinski definition) is 5. The molecule has 0 bridgehead atoms. The summed E-state index contributed by atoms with van der Waals surface area (Å²) in [5, 5.41) is 14.0. The number of nitrogens with zero attached hydrogens (tertiary/aromatic N) is 2. The number of aliphatic hydroxyl groups is 1. The van der Waals surface area contributed by atoms with Crippen LogP contribution in [0, 0.1) is 5.92 Å². The Morgan fingerprint density at radius 2 is 2.05 bits per heavy atom. The topological polar surface area (TPSA) is 68.4 Å². The molecule has 0 amide bonds. The summed E-state index contributed by atoms with van der Waals surface area (Å²) in [4.78, 5) is 4.58. The third kappa shape index (κ3) is 3.46. The zero-order valence-corrected chi connectivity index (χ0v) is 13.6. The number of hydrogen-bond donors (Lipinski definition) is 1. The van der Waals surface area contributed by atoms with Crippen molar-refractivity contribution in [2.24, 2.45) is 5.92 Å². The van der Waals surface area contributed by atoms with Crippen LogP contribution < -0.4 is 0 Å². The second-order valence-corrected chi connectivity index (χ2v) is 6.32. The lowest BCUT2D eigenvalue weighted by Crippen LogP contribution is -2.35. The highest BCUT2D eigenvalue weighted by Crippen LogP contribution is 2.41. The van der Waals surface area contributed by atoms with Gasteiger partial charge in [-0.3, -0.25) is 0 Å². The number of aliphatic hydroxyl groups excluding tert-OH is 1. The molecule has 0 aliphatic heterocycles. The van der Waals surface area contributed by atoms with Crippen molar-refractivity contribution in [2.45, 2.75) is 77.4 Å². The third-order valence-electron chi connectivity index (χ3n) is 4.69. The van der Waals surface area contributed by atoms with Gasteiger partial charge in [0.1, 0.15) is 5.60 Å². The molecule has 0 aromatic carbocycles. The zero-order chi connectivity index (χ0) is 15.5. The van der Waals surface area contributed by atoms with Gasteiger partial charge < -0.3 is 14.4 Å². The summed E-state index contributed by atoms with van der Waals surface area (Å²) in [6, 6.07) is 0. The van der Waals surface area contributed by atoms with Gasteiger partial charge in [-0.05, 0) is 51.9 Å². The minimum Gasteiger partial charge on any atom is -0.393 e. The monoisotopic (exact) mass is 296 g/mol. The summed E-state index contributed by atoms with van der Waals surface area (Å²) in [5.41, 5.74) is -0.403. The van der Waals surface area contributed by atoms with Crippen LogP contribution in [0.2, 0.25) is 0 Å². The van der Waals surface area contributed by atoms with Crippen LogP contribution in [0.3, 0.4) is 0 Å². The van der Waals surface area contributed by atoms with E-state index >= 15 is 0 Å². The summed E-state index contributed by atoms with van der Waals surface area (Å²) in [6.45, 7) is 8.70. The largest absolute Gasteiger partial charge is 0.393 e. The lowest BCUT2D eigenvalue weighted by atomic mass is 9.79. The zero-order valence-electron chi connectivity index (χ0n) is 13.6. The van der Waals surface area contributed by atoms with E-state index in [1.165, 1.54) is 0 Å². The Morgan fingerprint density at radius 1 is 1.38 bits per heavy atom. The molecular weight excluding hydrogens is 268 g/mol. The van der Waals surface area contributed by atoms with E-state index in [0.717, 1.165) is 38.0 Å². The van der Waals surface area contributed by atoms with Gasteiger partial charge in [-0.1, -0.05) is 19.0 Å². The predicted molar refractivity (Wildman–Crippen MR) is 79.9 cm³/mol. The van der Waals surface area contributed by atoms with Gasteiger partial charge in [0.15, 0.2) is 0 Å². The Hall–Kier alpha value is -0.940. The van der Waals surface area contributed by atoms with Crippen molar-refractivity contribution in [3.05, 3.63) is 11.7 Å². The van der Waals surface area contributed by atoms with Crippen LogP contribution in [0.1, 0.15) is 77.4 Å². The van der Waals surface area contributed by atoms with Gasteiger partial charge in [0.2, 0.25) is 11.7 Å². The fourth-order valence-corrected chi connectivity index (χ4v) is 3.23. The quantitative estimate of drug-likeness (QED) is 0.871. The third-order valence-corrected chi connectivity index (χ3v) is 4.69. The second-order valence-electron chi connectivity index (χ2n) is 6.32. The second kappa shape index (κ2) is 6.88. The van der Waals surface area contributed by atoms with Crippen LogP contribution in [-0.4, -0.2) is 28.0 Å². The van der Waals surface area contributed by atoms with E-state index in [4.69, 9.17) is 9.26 Å². The molecule has 1 aromatic rings. The highest BCUT2D eigenvalue weighted by atomic mass is 16.5. The maximum absolute atomic E-state index is 9.83. The highest BCUT2D eigenvalue weighted by Gasteiger charge is 2.41. The molecule has 0 saturated heterocycles. The Labute approximate surface area is 127 Å². The number of aromatic nitrogens is 2. The average Bonchev–Trinajstić information content (AvgIpc) is 2.92. The van der Waals surface area contributed by atoms with Crippen LogP contribution in [0.25, 0.3) is 0 Å². The number of ether oxygens (including phenoxy) is 1. The highest BCUT2D eigenvalue weighted by molar-refractivity contribution is 5.06. The summed E-state index contributed by atoms with van der Waals surface area (Å²) >= 11 is 0. The molecule has 1 aliphatic carbocycles. The molecule has 120 valence electrons. The van der Waals surface area contributed by atoms with Crippen LogP contribution in [0.15, 0.2) is 4.52 Å². The predicted octanol–water partition coefficient (Wildman–Crippen LogP) is 3.39. The van der Waals surface area contributed by atoms with Gasteiger partial charge in [-0.25, -0.2) is 0 Å². The first-order valence-corrected chi connectivity index (χ1v) is 8.18. The molecule has 1 saturated carbocycles. The van der Waals surface area contributed by atoms with E-state index in [0.29, 0.717) is 18.3 Å². The molecule has 0 radical (unpaired) electrons. The van der Waals surface area contributed by atoms with Crippen LogP contribution in [0.4, 0.5) is 0 Å². The van der Waals surface area contributed by atoms with E-state index in [-0.39, 0.29) is 5.92 Å². The molecule has 2 unspecified atom stereocenters.